The van der Waals surface area contributed by atoms with Gasteiger partial charge in [0.1, 0.15) is 5.75 Å². The van der Waals surface area contributed by atoms with Crippen molar-refractivity contribution < 1.29 is 19.3 Å². The number of hydrogen-bond donors (Lipinski definition) is 1. The second-order valence-electron chi connectivity index (χ2n) is 3.40. The third kappa shape index (κ3) is 1.04. The summed E-state index contributed by atoms with van der Waals surface area (Å²) < 4.78 is 15.9. The average molecular weight is 194 g/mol. The number of aliphatic hydroxyl groups excluding tert-OH is 1. The molecule has 2 aliphatic rings. The fourth-order valence-corrected chi connectivity index (χ4v) is 1.76. The Kier molecular flexibility index (Phi) is 1.58. The maximum Gasteiger partial charge on any atom is 0.231 e. The Morgan fingerprint density at radius 2 is 1.86 bits per heavy atom. The molecule has 2 aliphatic heterocycles. The molecule has 0 aromatic heterocycles. The molecule has 1 atom stereocenters. The highest BCUT2D eigenvalue weighted by Crippen LogP contribution is 2.42. The van der Waals surface area contributed by atoms with E-state index in [9.17, 15) is 5.11 Å². The number of ether oxygens (including phenoxy) is 3. The fraction of sp³-hybridized carbons (Fsp3) is 0.400. The summed E-state index contributed by atoms with van der Waals surface area (Å²) in [5.74, 6) is 2.08. The Morgan fingerprint density at radius 3 is 2.71 bits per heavy atom. The summed E-state index contributed by atoms with van der Waals surface area (Å²) >= 11 is 0. The van der Waals surface area contributed by atoms with Crippen molar-refractivity contribution in [2.45, 2.75) is 12.5 Å². The number of benzene rings is 1. The molecule has 0 radical (unpaired) electrons. The van der Waals surface area contributed by atoms with Gasteiger partial charge in [-0.25, -0.2) is 0 Å². The first kappa shape index (κ1) is 7.94. The minimum atomic E-state index is -0.451. The van der Waals surface area contributed by atoms with Crippen molar-refractivity contribution in [3.8, 4) is 17.2 Å². The van der Waals surface area contributed by atoms with Gasteiger partial charge in [-0.3, -0.25) is 0 Å². The van der Waals surface area contributed by atoms with Gasteiger partial charge in [0.05, 0.1) is 12.7 Å². The van der Waals surface area contributed by atoms with Gasteiger partial charge in [-0.15, -0.1) is 0 Å². The Labute approximate surface area is 81.0 Å². The molecular weight excluding hydrogens is 184 g/mol. The van der Waals surface area contributed by atoms with Crippen LogP contribution in [-0.2, 0) is 0 Å². The summed E-state index contributed by atoms with van der Waals surface area (Å²) in [5.41, 5.74) is 0.792. The van der Waals surface area contributed by atoms with Crippen molar-refractivity contribution in [3.63, 3.8) is 0 Å². The topological polar surface area (TPSA) is 47.9 Å². The number of hydrogen-bond acceptors (Lipinski definition) is 4. The number of fused-ring (bicyclic) bond motifs is 2. The van der Waals surface area contributed by atoms with E-state index in [2.05, 4.69) is 0 Å². The van der Waals surface area contributed by atoms with Gasteiger partial charge in [0.2, 0.25) is 6.79 Å². The molecule has 74 valence electrons. The zero-order valence-corrected chi connectivity index (χ0v) is 7.53. The summed E-state index contributed by atoms with van der Waals surface area (Å²) in [7, 11) is 0. The zero-order valence-electron chi connectivity index (χ0n) is 7.53. The Hall–Kier alpha value is -1.42. The molecule has 4 heteroatoms. The minimum absolute atomic E-state index is 0.244. The van der Waals surface area contributed by atoms with Crippen LogP contribution in [0.1, 0.15) is 18.1 Å². The zero-order chi connectivity index (χ0) is 9.54. The van der Waals surface area contributed by atoms with Gasteiger partial charge in [-0.2, -0.15) is 0 Å². The van der Waals surface area contributed by atoms with Crippen molar-refractivity contribution in [1.29, 1.82) is 0 Å². The van der Waals surface area contributed by atoms with Crippen molar-refractivity contribution in [2.24, 2.45) is 0 Å². The van der Waals surface area contributed by atoms with Gasteiger partial charge >= 0.3 is 0 Å². The standard InChI is InChI=1S/C10H10O4/c11-7-1-2-12-8-4-10-9(3-6(7)8)13-5-14-10/h3-4,7,11H,1-2,5H2/t7-/m1/s1. The van der Waals surface area contributed by atoms with E-state index in [-0.39, 0.29) is 6.79 Å². The van der Waals surface area contributed by atoms with E-state index in [1.807, 2.05) is 0 Å². The molecule has 0 spiro atoms. The van der Waals surface area contributed by atoms with Gasteiger partial charge in [0.25, 0.3) is 0 Å². The highest BCUT2D eigenvalue weighted by molar-refractivity contribution is 5.53. The molecule has 4 nitrogen and oxygen atoms in total. The summed E-state index contributed by atoms with van der Waals surface area (Å²) in [6.07, 6.45) is 0.181. The Balaban J connectivity index is 2.12. The first-order valence-electron chi connectivity index (χ1n) is 4.59. The summed E-state index contributed by atoms with van der Waals surface area (Å²) in [5, 5.41) is 9.72. The molecule has 0 amide bonds. The largest absolute Gasteiger partial charge is 0.493 e. The maximum atomic E-state index is 9.72. The van der Waals surface area contributed by atoms with Crippen molar-refractivity contribution in [3.05, 3.63) is 17.7 Å². The lowest BCUT2D eigenvalue weighted by atomic mass is 10.0. The predicted octanol–water partition coefficient (Wildman–Crippen LogP) is 1.23. The van der Waals surface area contributed by atoms with Crippen LogP contribution in [0.4, 0.5) is 0 Å². The monoisotopic (exact) mass is 194 g/mol. The third-order valence-corrected chi connectivity index (χ3v) is 2.51. The first-order chi connectivity index (χ1) is 6.84. The summed E-state index contributed by atoms with van der Waals surface area (Å²) in [6, 6.07) is 3.57. The highest BCUT2D eigenvalue weighted by Gasteiger charge is 2.24. The predicted molar refractivity (Wildman–Crippen MR) is 47.6 cm³/mol. The molecule has 1 aromatic rings. The lowest BCUT2D eigenvalue weighted by molar-refractivity contribution is 0.115. The Bertz CT molecular complexity index is 375. The van der Waals surface area contributed by atoms with Crippen LogP contribution in [0.25, 0.3) is 0 Å². The van der Waals surface area contributed by atoms with Crippen LogP contribution < -0.4 is 14.2 Å². The van der Waals surface area contributed by atoms with Crippen LogP contribution in [-0.4, -0.2) is 18.5 Å². The quantitative estimate of drug-likeness (QED) is 0.674. The van der Waals surface area contributed by atoms with E-state index in [4.69, 9.17) is 14.2 Å². The lowest BCUT2D eigenvalue weighted by Crippen LogP contribution is -2.13. The minimum Gasteiger partial charge on any atom is -0.493 e. The van der Waals surface area contributed by atoms with E-state index in [0.717, 1.165) is 5.56 Å². The van der Waals surface area contributed by atoms with Gasteiger partial charge in [-0.1, -0.05) is 0 Å². The van der Waals surface area contributed by atoms with Gasteiger partial charge in [0.15, 0.2) is 11.5 Å². The van der Waals surface area contributed by atoms with Gasteiger partial charge < -0.3 is 19.3 Å². The molecule has 0 fully saturated rings. The second-order valence-corrected chi connectivity index (χ2v) is 3.40. The number of rotatable bonds is 0. The van der Waals surface area contributed by atoms with Crippen molar-refractivity contribution >= 4 is 0 Å². The molecule has 1 aromatic carbocycles. The first-order valence-corrected chi connectivity index (χ1v) is 4.59. The normalized spacial score (nSPS) is 22.8. The maximum absolute atomic E-state index is 9.72. The van der Waals surface area contributed by atoms with Gasteiger partial charge in [-0.05, 0) is 6.07 Å². The third-order valence-electron chi connectivity index (χ3n) is 2.51. The van der Waals surface area contributed by atoms with E-state index in [1.165, 1.54) is 0 Å². The average Bonchev–Trinajstić information content (AvgIpc) is 2.62. The van der Waals surface area contributed by atoms with Crippen LogP contribution in [0.3, 0.4) is 0 Å². The van der Waals surface area contributed by atoms with Crippen molar-refractivity contribution in [2.75, 3.05) is 13.4 Å². The fourth-order valence-electron chi connectivity index (χ4n) is 1.76. The molecular formula is C10H10O4. The molecule has 0 saturated heterocycles. The molecule has 0 unspecified atom stereocenters. The number of aliphatic hydroxyl groups is 1. The molecule has 0 bridgehead atoms. The molecule has 2 heterocycles. The van der Waals surface area contributed by atoms with Crippen molar-refractivity contribution in [1.82, 2.24) is 0 Å². The molecule has 14 heavy (non-hydrogen) atoms. The SMILES string of the molecule is O[C@@H]1CCOc2cc3c(cc21)OCO3. The summed E-state index contributed by atoms with van der Waals surface area (Å²) in [4.78, 5) is 0. The van der Waals surface area contributed by atoms with Crippen LogP contribution in [0.15, 0.2) is 12.1 Å². The van der Waals surface area contributed by atoms with Crippen LogP contribution in [0, 0.1) is 0 Å². The van der Waals surface area contributed by atoms with E-state index >= 15 is 0 Å². The second kappa shape index (κ2) is 2.78. The molecule has 0 saturated carbocycles. The highest BCUT2D eigenvalue weighted by atomic mass is 16.7. The van der Waals surface area contributed by atoms with E-state index in [0.29, 0.717) is 30.3 Å². The lowest BCUT2D eigenvalue weighted by Gasteiger charge is -2.22. The van der Waals surface area contributed by atoms with E-state index < -0.39 is 6.10 Å². The molecule has 3 rings (SSSR count). The Morgan fingerprint density at radius 1 is 1.07 bits per heavy atom. The van der Waals surface area contributed by atoms with Crippen LogP contribution >= 0.6 is 0 Å². The van der Waals surface area contributed by atoms with Crippen LogP contribution in [0.2, 0.25) is 0 Å². The molecule has 1 N–H and O–H groups in total. The van der Waals surface area contributed by atoms with Crippen LogP contribution in [0.5, 0.6) is 17.2 Å². The smallest absolute Gasteiger partial charge is 0.231 e. The summed E-state index contributed by atoms with van der Waals surface area (Å²) in [6.45, 7) is 0.794. The van der Waals surface area contributed by atoms with E-state index in [1.54, 1.807) is 12.1 Å². The molecule has 0 aliphatic carbocycles. The van der Waals surface area contributed by atoms with Gasteiger partial charge in [0, 0.05) is 18.1 Å².